The third-order valence-electron chi connectivity index (χ3n) is 27.1. The van der Waals surface area contributed by atoms with Crippen LogP contribution in [-0.2, 0) is 18.6 Å². The number of hydrogen-bond acceptors (Lipinski definition) is 28. The fourth-order valence-electron chi connectivity index (χ4n) is 17.4. The van der Waals surface area contributed by atoms with E-state index >= 15 is 0 Å². The number of halogens is 2. The van der Waals surface area contributed by atoms with E-state index in [9.17, 15) is 68.4 Å². The van der Waals surface area contributed by atoms with Gasteiger partial charge in [0.1, 0.15) is 81.7 Å². The average Bonchev–Trinajstić information content (AvgIpc) is 0.734. The van der Waals surface area contributed by atoms with Gasteiger partial charge in [-0.05, 0) is 183 Å². The average molecular weight is 1940 g/mol. The number of aromatic carboxylic acids is 1. The van der Waals surface area contributed by atoms with Crippen molar-refractivity contribution in [1.29, 1.82) is 5.26 Å². The first kappa shape index (κ1) is 103. The van der Waals surface area contributed by atoms with Crippen molar-refractivity contribution in [2.45, 2.75) is 184 Å². The van der Waals surface area contributed by atoms with Crippen molar-refractivity contribution in [3.05, 3.63) is 299 Å². The molecule has 3 aliphatic heterocycles. The molecule has 0 spiro atoms. The molecular weight excluding hydrogens is 1830 g/mol. The van der Waals surface area contributed by atoms with Gasteiger partial charge in [-0.25, -0.2) is 48.1 Å². The Hall–Kier alpha value is -14.0. The number of hydrogen-bond donors (Lipinski definition) is 5. The Balaban J connectivity index is 0.000000175. The highest BCUT2D eigenvalue weighted by atomic mass is 35.5. The van der Waals surface area contributed by atoms with Gasteiger partial charge in [-0.2, -0.15) is 5.26 Å². The molecule has 3 fully saturated rings. The van der Waals surface area contributed by atoms with Crippen LogP contribution in [0.5, 0.6) is 17.2 Å². The zero-order valence-corrected chi connectivity index (χ0v) is 80.0. The number of fused-ring (bicyclic) bond motifs is 6. The van der Waals surface area contributed by atoms with Gasteiger partial charge in [-0.1, -0.05) is 100 Å². The quantitative estimate of drug-likeness (QED) is 0.0175. The normalized spacial score (nSPS) is 23.1. The van der Waals surface area contributed by atoms with Crippen molar-refractivity contribution in [3.63, 3.8) is 0 Å². The number of carboxylic acids is 1. The van der Waals surface area contributed by atoms with Gasteiger partial charge in [0.25, 0.3) is 0 Å². The summed E-state index contributed by atoms with van der Waals surface area (Å²) in [4.78, 5) is 152. The number of ketones is 3. The minimum Gasteiger partial charge on any atom is -0.483 e. The highest BCUT2D eigenvalue weighted by Crippen LogP contribution is 2.55. The lowest BCUT2D eigenvalue weighted by Crippen LogP contribution is -2.65. The van der Waals surface area contributed by atoms with Crippen molar-refractivity contribution in [2.24, 2.45) is 35.5 Å². The molecule has 0 bridgehead atoms. The van der Waals surface area contributed by atoms with Crippen molar-refractivity contribution >= 4 is 89.8 Å². The van der Waals surface area contributed by atoms with Crippen molar-refractivity contribution in [2.75, 3.05) is 18.6 Å². The molecule has 3 unspecified atom stereocenters. The molecule has 16 rings (SSSR count). The molecule has 5 N–H and O–H groups in total. The van der Waals surface area contributed by atoms with E-state index in [1.807, 2.05) is 26.8 Å². The molecule has 6 aliphatic rings. The Bertz CT molecular complexity index is 6610. The van der Waals surface area contributed by atoms with E-state index in [0.717, 1.165) is 0 Å². The maximum atomic E-state index is 14.2. The molecule has 10 aromatic rings. The van der Waals surface area contributed by atoms with E-state index in [1.165, 1.54) is 135 Å². The summed E-state index contributed by atoms with van der Waals surface area (Å²) in [5, 5.41) is 63.1. The number of benzene rings is 4. The van der Waals surface area contributed by atoms with Crippen LogP contribution in [0.3, 0.4) is 0 Å². The maximum Gasteiger partial charge on any atom is 0.351 e. The number of esters is 3. The Morgan fingerprint density at radius 1 is 0.493 bits per heavy atom. The number of ether oxygens (including phenoxy) is 6. The second kappa shape index (κ2) is 41.9. The molecule has 0 saturated heterocycles. The summed E-state index contributed by atoms with van der Waals surface area (Å²) >= 11 is 9.53. The predicted octanol–water partition coefficient (Wildman–Crippen LogP) is 17.9. The molecular formula is C103H101Cl2N7O25Si. The Labute approximate surface area is 805 Å². The first-order chi connectivity index (χ1) is 65.2. The lowest BCUT2D eigenvalue weighted by molar-refractivity contribution is -0.153. The highest BCUT2D eigenvalue weighted by molar-refractivity contribution is 6.74. The molecule has 0 amide bonds. The number of alkyl halides is 2. The van der Waals surface area contributed by atoms with Crippen LogP contribution in [0.25, 0.3) is 48.5 Å². The van der Waals surface area contributed by atoms with Crippen molar-refractivity contribution in [1.82, 2.24) is 15.0 Å². The van der Waals surface area contributed by atoms with Gasteiger partial charge in [0.2, 0.25) is 0 Å². The minimum absolute atomic E-state index is 0.00120. The number of carbonyl (C=O) groups excluding carboxylic acids is 6. The Morgan fingerprint density at radius 2 is 0.819 bits per heavy atom. The summed E-state index contributed by atoms with van der Waals surface area (Å²) in [5.41, 5.74) is -7.31. The minimum atomic E-state index is -2.26. The first-order valence-electron chi connectivity index (χ1n) is 44.0. The number of aliphatic hydroxyl groups is 4. The van der Waals surface area contributed by atoms with E-state index < -0.39 is 149 Å². The Kier molecular flexibility index (Phi) is 31.3. The number of Topliss-reactive ketones (excluding diaryl/α,β-unsaturated/α-hetero) is 3. The monoisotopic (exact) mass is 1930 g/mol. The standard InChI is InChI=1S/C37H29N3O9.C29H26N2O8.C28H39NO6Si.C8H5NO2.CH2Cl2/c1-36(45,20-46-33(42)22-10-12-26(39-3)13-11-22)25-15-27-32(41)31-29(17-28(47-35(31)44)24-5-4-14-40-19-24)49-37(27,2)30(16-25)48-34(43)23-8-6-21(18-38)7-9-23;1-28(36,15-37-26(34)16-6-8-19(30-3)9-7-16)18-11-20-25(33)24-22(39-29(20,2)23(32)12-18)13-21(38-27(24)35)17-5-4-10-31-14-17;1-9-27(5,32)18-13-19-24(30)23-21(15-20(33-25(23)31)17-11-10-12-29-16-17)34-28(19,6)22(14-18)35-36(7,8)26(2,3)4;1-9-7-4-2-6(3-5-7)8(10)11;2-1-3/h4-14,17,19,25,27,30,45H,15-16,20H2,1-2H3;4-10,13-14,18,20,23,32,36H,11-12,15H2,1-2H3;10-12,15-16,18-19,22,32H,9,13-14H2,1-8H3;2-5H,(H,10,11);1H2/t25-,27-,30-,36?,37-;18-,20-,23-,28?,29-;18-,19-,22-,27?,28-;;/m000../s1. The van der Waals surface area contributed by atoms with E-state index in [-0.39, 0.29) is 122 Å². The molecule has 35 heteroatoms. The third-order valence-corrected chi connectivity index (χ3v) is 31.6. The molecule has 9 heterocycles. The zero-order valence-electron chi connectivity index (χ0n) is 77.5. The number of rotatable bonds is 18. The molecule has 138 heavy (non-hydrogen) atoms. The second-order valence-electron chi connectivity index (χ2n) is 37.2. The SMILES string of the molecule is CCC(C)(O)[C@@H]1C[C@H](O[Si](C)(C)C(C)(C)C)[C@@]2(C)Oc3cc(-c4cccnc4)oc(=O)c3C(=O)[C@@H]2C1.ClCCl.[C-]#[N+]c1ccc(C(=O)O)cc1.[C-]#[N+]c1ccc(C(=O)OCC(C)(O)[C@@H]2C[C@H](O)[C@@]3(C)Oc4cc(-c5cccnc5)oc(=O)c4C(=O)[C@@H]3C2)cc1.[C-]#[N+]c1ccc(C(=O)OCC(C)(O)[C@@H]2C[C@H](OC(=O)c3ccc(C#N)cc3)[C@@]3(C)Oc4cc(-c5cccnc5)oc(=O)c4C(=O)[C@@H]3C2)cc1. The molecule has 3 saturated carbocycles. The second-order valence-corrected chi connectivity index (χ2v) is 42.7. The number of aromatic nitrogens is 3. The van der Waals surface area contributed by atoms with Crippen LogP contribution in [0.4, 0.5) is 17.1 Å². The van der Waals surface area contributed by atoms with Crippen LogP contribution in [-0.4, -0.2) is 161 Å². The Morgan fingerprint density at radius 3 is 1.16 bits per heavy atom. The summed E-state index contributed by atoms with van der Waals surface area (Å²) in [6.07, 6.45) is 8.32. The largest absolute Gasteiger partial charge is 0.483 e. The fraction of sp³-hybridized carbons (Fsp3) is 0.369. The number of nitriles is 1. The van der Waals surface area contributed by atoms with Gasteiger partial charge in [0.15, 0.2) is 48.3 Å². The summed E-state index contributed by atoms with van der Waals surface area (Å²) in [6.45, 7) is 42.6. The van der Waals surface area contributed by atoms with Crippen LogP contribution >= 0.6 is 23.2 Å². The van der Waals surface area contributed by atoms with Gasteiger partial charge in [0.05, 0.1) is 106 Å². The van der Waals surface area contributed by atoms with Crippen LogP contribution in [0, 0.1) is 66.6 Å². The lowest BCUT2D eigenvalue weighted by atomic mass is 9.62. The topological polar surface area (TPSA) is 451 Å². The van der Waals surface area contributed by atoms with E-state index in [0.29, 0.717) is 64.3 Å². The van der Waals surface area contributed by atoms with Crippen LogP contribution in [0.15, 0.2) is 216 Å². The third kappa shape index (κ3) is 22.2. The van der Waals surface area contributed by atoms with Crippen LogP contribution in [0.1, 0.15) is 192 Å². The van der Waals surface area contributed by atoms with Gasteiger partial charge < -0.3 is 71.6 Å². The van der Waals surface area contributed by atoms with Crippen molar-refractivity contribution in [3.8, 4) is 57.3 Å². The lowest BCUT2D eigenvalue weighted by Gasteiger charge is -2.55. The number of pyridine rings is 3. The molecule has 15 atom stereocenters. The van der Waals surface area contributed by atoms with E-state index in [2.05, 4.69) is 63.4 Å². The van der Waals surface area contributed by atoms with E-state index in [4.69, 9.17) is 99.4 Å². The maximum absolute atomic E-state index is 14.2. The summed E-state index contributed by atoms with van der Waals surface area (Å²) in [6, 6.07) is 40.1. The van der Waals surface area contributed by atoms with Gasteiger partial charge >= 0.3 is 40.8 Å². The molecule has 3 aliphatic carbocycles. The molecule has 32 nitrogen and oxygen atoms in total. The molecule has 4 aromatic carbocycles. The van der Waals surface area contributed by atoms with Crippen molar-refractivity contribution < 1.29 is 105 Å². The number of carbonyl (C=O) groups is 7. The predicted molar refractivity (Wildman–Crippen MR) is 506 cm³/mol. The molecule has 6 aromatic heterocycles. The summed E-state index contributed by atoms with van der Waals surface area (Å²) in [7, 11) is -2.26. The zero-order chi connectivity index (χ0) is 101. The van der Waals surface area contributed by atoms with Gasteiger partial charge in [-0.3, -0.25) is 29.3 Å². The number of carboxylic acid groups (broad SMARTS) is 1. The fourth-order valence-corrected chi connectivity index (χ4v) is 18.8. The first-order valence-corrected chi connectivity index (χ1v) is 48.0. The number of aliphatic hydroxyl groups excluding tert-OH is 1. The smallest absolute Gasteiger partial charge is 0.351 e. The summed E-state index contributed by atoms with van der Waals surface area (Å²) in [5.74, 6) is -8.04. The molecule has 0 radical (unpaired) electrons. The van der Waals surface area contributed by atoms with Crippen LogP contribution in [0.2, 0.25) is 18.1 Å². The van der Waals surface area contributed by atoms with E-state index in [1.54, 1.807) is 81.1 Å². The molecule has 716 valence electrons. The highest BCUT2D eigenvalue weighted by Gasteiger charge is 2.63. The van der Waals surface area contributed by atoms with Gasteiger partial charge in [-0.15, -0.1) is 23.2 Å². The number of nitrogens with zero attached hydrogens (tertiary/aromatic N) is 7. The van der Waals surface area contributed by atoms with Gasteiger partial charge in [0, 0.05) is 72.1 Å². The summed E-state index contributed by atoms with van der Waals surface area (Å²) < 4.78 is 59.4. The van der Waals surface area contributed by atoms with Crippen LogP contribution < -0.4 is 31.1 Å².